The highest BCUT2D eigenvalue weighted by Crippen LogP contribution is 2.30. The summed E-state index contributed by atoms with van der Waals surface area (Å²) in [6, 6.07) is 5.66. The van der Waals surface area contributed by atoms with Gasteiger partial charge in [-0.2, -0.15) is 0 Å². The number of benzene rings is 1. The van der Waals surface area contributed by atoms with Crippen LogP contribution >= 0.6 is 0 Å². The highest BCUT2D eigenvalue weighted by molar-refractivity contribution is 5.77. The quantitative estimate of drug-likeness (QED) is 0.629. The van der Waals surface area contributed by atoms with Crippen LogP contribution in [0.2, 0.25) is 0 Å². The van der Waals surface area contributed by atoms with Crippen LogP contribution in [0.15, 0.2) is 18.2 Å². The number of carbonyl (C=O) groups excluding carboxylic acids is 1. The maximum Gasteiger partial charge on any atom is 0.258 e. The maximum atomic E-state index is 11.7. The number of hydrogen-bond acceptors (Lipinski definition) is 5. The first-order chi connectivity index (χ1) is 10.2. The van der Waals surface area contributed by atoms with Crippen LogP contribution in [-0.4, -0.2) is 46.4 Å². The van der Waals surface area contributed by atoms with Crippen molar-refractivity contribution in [1.29, 1.82) is 0 Å². The molecule has 0 saturated carbocycles. The molecule has 0 bridgehead atoms. The molecular formula is C15H24N2O4. The maximum absolute atomic E-state index is 11.7. The van der Waals surface area contributed by atoms with Gasteiger partial charge in [-0.1, -0.05) is 19.1 Å². The summed E-state index contributed by atoms with van der Waals surface area (Å²) < 4.78 is 15.8. The smallest absolute Gasteiger partial charge is 0.258 e. The first-order valence-electron chi connectivity index (χ1n) is 6.98. The average Bonchev–Trinajstić information content (AvgIpc) is 2.51. The third-order valence-corrected chi connectivity index (χ3v) is 2.82. The number of para-hydroxylation sites is 1. The molecule has 0 spiro atoms. The van der Waals surface area contributed by atoms with E-state index in [1.807, 2.05) is 25.1 Å². The SMILES string of the molecule is CCNCc1cccc(OC)c1OCC(=O)NCCOC. The van der Waals surface area contributed by atoms with Gasteiger partial charge < -0.3 is 24.8 Å². The molecule has 0 heterocycles. The molecule has 0 unspecified atom stereocenters. The summed E-state index contributed by atoms with van der Waals surface area (Å²) in [5.41, 5.74) is 0.959. The Bertz CT molecular complexity index is 438. The third kappa shape index (κ3) is 6.01. The van der Waals surface area contributed by atoms with Crippen LogP contribution in [0.4, 0.5) is 0 Å². The van der Waals surface area contributed by atoms with Gasteiger partial charge in [-0.15, -0.1) is 0 Å². The number of nitrogens with one attached hydrogen (secondary N) is 2. The van der Waals surface area contributed by atoms with Crippen LogP contribution in [0.3, 0.4) is 0 Å². The van der Waals surface area contributed by atoms with Crippen molar-refractivity contribution in [3.63, 3.8) is 0 Å². The zero-order chi connectivity index (χ0) is 15.5. The molecule has 0 aliphatic rings. The second-order valence-electron chi connectivity index (χ2n) is 4.36. The van der Waals surface area contributed by atoms with Gasteiger partial charge in [-0.3, -0.25) is 4.79 Å². The summed E-state index contributed by atoms with van der Waals surface area (Å²) in [5, 5.41) is 5.94. The molecule has 1 amide bonds. The molecule has 0 atom stereocenters. The molecule has 2 N–H and O–H groups in total. The van der Waals surface area contributed by atoms with Gasteiger partial charge in [-0.25, -0.2) is 0 Å². The van der Waals surface area contributed by atoms with Crippen LogP contribution in [0.25, 0.3) is 0 Å². The van der Waals surface area contributed by atoms with Gasteiger partial charge in [-0.05, 0) is 12.6 Å². The highest BCUT2D eigenvalue weighted by atomic mass is 16.5. The topological polar surface area (TPSA) is 68.8 Å². The van der Waals surface area contributed by atoms with Crippen LogP contribution < -0.4 is 20.1 Å². The van der Waals surface area contributed by atoms with Crippen LogP contribution in [0, 0.1) is 0 Å². The highest BCUT2D eigenvalue weighted by Gasteiger charge is 2.12. The number of methoxy groups -OCH3 is 2. The van der Waals surface area contributed by atoms with Crippen molar-refractivity contribution in [3.8, 4) is 11.5 Å². The van der Waals surface area contributed by atoms with E-state index in [1.165, 1.54) is 0 Å². The predicted octanol–water partition coefficient (Wildman–Crippen LogP) is 0.946. The molecule has 0 aliphatic carbocycles. The molecule has 21 heavy (non-hydrogen) atoms. The van der Waals surface area contributed by atoms with E-state index in [4.69, 9.17) is 14.2 Å². The molecule has 6 heteroatoms. The molecular weight excluding hydrogens is 272 g/mol. The zero-order valence-corrected chi connectivity index (χ0v) is 12.9. The van der Waals surface area contributed by atoms with Crippen molar-refractivity contribution in [3.05, 3.63) is 23.8 Å². The van der Waals surface area contributed by atoms with E-state index in [-0.39, 0.29) is 12.5 Å². The Morgan fingerprint density at radius 1 is 1.29 bits per heavy atom. The Morgan fingerprint density at radius 3 is 2.76 bits per heavy atom. The monoisotopic (exact) mass is 296 g/mol. The first kappa shape index (κ1) is 17.3. The van der Waals surface area contributed by atoms with E-state index >= 15 is 0 Å². The number of ether oxygens (including phenoxy) is 3. The van der Waals surface area contributed by atoms with Crippen LogP contribution in [-0.2, 0) is 16.1 Å². The van der Waals surface area contributed by atoms with Crippen molar-refractivity contribution < 1.29 is 19.0 Å². The van der Waals surface area contributed by atoms with Gasteiger partial charge in [0.2, 0.25) is 0 Å². The molecule has 118 valence electrons. The molecule has 1 rings (SSSR count). The molecule has 0 aliphatic heterocycles. The fraction of sp³-hybridized carbons (Fsp3) is 0.533. The molecule has 0 radical (unpaired) electrons. The lowest BCUT2D eigenvalue weighted by Gasteiger charge is -2.15. The van der Waals surface area contributed by atoms with E-state index in [2.05, 4.69) is 10.6 Å². The number of carbonyl (C=O) groups is 1. The molecule has 6 nitrogen and oxygen atoms in total. The second kappa shape index (κ2) is 10.0. The van der Waals surface area contributed by atoms with Crippen molar-refractivity contribution >= 4 is 5.91 Å². The lowest BCUT2D eigenvalue weighted by Crippen LogP contribution is -2.31. The van der Waals surface area contributed by atoms with Crippen molar-refractivity contribution in [2.75, 3.05) is 40.5 Å². The van der Waals surface area contributed by atoms with Gasteiger partial charge in [0.15, 0.2) is 18.1 Å². The Labute approximate surface area is 125 Å². The summed E-state index contributed by atoms with van der Waals surface area (Å²) in [6.07, 6.45) is 0. The van der Waals surface area contributed by atoms with Crippen molar-refractivity contribution in [2.45, 2.75) is 13.5 Å². The van der Waals surface area contributed by atoms with Gasteiger partial charge in [0.1, 0.15) is 0 Å². The number of hydrogen-bond donors (Lipinski definition) is 2. The fourth-order valence-corrected chi connectivity index (χ4v) is 1.77. The van der Waals surface area contributed by atoms with Crippen molar-refractivity contribution in [1.82, 2.24) is 10.6 Å². The summed E-state index contributed by atoms with van der Waals surface area (Å²) in [4.78, 5) is 11.7. The van der Waals surface area contributed by atoms with Gasteiger partial charge in [0.25, 0.3) is 5.91 Å². The van der Waals surface area contributed by atoms with Crippen LogP contribution in [0.1, 0.15) is 12.5 Å². The zero-order valence-electron chi connectivity index (χ0n) is 12.9. The van der Waals surface area contributed by atoms with E-state index < -0.39 is 0 Å². The minimum Gasteiger partial charge on any atom is -0.493 e. The van der Waals surface area contributed by atoms with Gasteiger partial charge in [0.05, 0.1) is 13.7 Å². The van der Waals surface area contributed by atoms with Crippen molar-refractivity contribution in [2.24, 2.45) is 0 Å². The predicted molar refractivity (Wildman–Crippen MR) is 80.8 cm³/mol. The number of amides is 1. The minimum absolute atomic E-state index is 0.0524. The molecule has 1 aromatic carbocycles. The van der Waals surface area contributed by atoms with E-state index in [0.717, 1.165) is 12.1 Å². The summed E-state index contributed by atoms with van der Waals surface area (Å²) in [6.45, 7) is 4.44. The summed E-state index contributed by atoms with van der Waals surface area (Å²) in [7, 11) is 3.17. The average molecular weight is 296 g/mol. The Kier molecular flexibility index (Phi) is 8.23. The molecule has 1 aromatic rings. The molecule has 0 fully saturated rings. The molecule has 0 saturated heterocycles. The van der Waals surface area contributed by atoms with Crippen LogP contribution in [0.5, 0.6) is 11.5 Å². The second-order valence-corrected chi connectivity index (χ2v) is 4.36. The van der Waals surface area contributed by atoms with E-state index in [9.17, 15) is 4.79 Å². The molecule has 0 aromatic heterocycles. The first-order valence-corrected chi connectivity index (χ1v) is 6.98. The Hall–Kier alpha value is -1.79. The third-order valence-electron chi connectivity index (χ3n) is 2.82. The normalized spacial score (nSPS) is 10.2. The number of rotatable bonds is 10. The van der Waals surface area contributed by atoms with E-state index in [1.54, 1.807) is 14.2 Å². The largest absolute Gasteiger partial charge is 0.493 e. The lowest BCUT2D eigenvalue weighted by atomic mass is 10.2. The lowest BCUT2D eigenvalue weighted by molar-refractivity contribution is -0.123. The standard InChI is InChI=1S/C15H24N2O4/c1-4-16-10-12-6-5-7-13(20-3)15(12)21-11-14(18)17-8-9-19-2/h5-7,16H,4,8-11H2,1-3H3,(H,17,18). The van der Waals surface area contributed by atoms with Gasteiger partial charge >= 0.3 is 0 Å². The Balaban J connectivity index is 2.64. The minimum atomic E-state index is -0.188. The summed E-state index contributed by atoms with van der Waals surface area (Å²) >= 11 is 0. The van der Waals surface area contributed by atoms with Gasteiger partial charge in [0, 0.05) is 25.8 Å². The van der Waals surface area contributed by atoms with E-state index in [0.29, 0.717) is 31.2 Å². The fourth-order valence-electron chi connectivity index (χ4n) is 1.77. The Morgan fingerprint density at radius 2 is 2.10 bits per heavy atom. The summed E-state index contributed by atoms with van der Waals surface area (Å²) in [5.74, 6) is 1.03.